The molecule has 0 amide bonds. The molecular formula is C13H22N2. The Kier molecular flexibility index (Phi) is 2.90. The topological polar surface area (TPSA) is 25.8 Å². The zero-order valence-corrected chi connectivity index (χ0v) is 11.0. The van der Waals surface area contributed by atoms with Crippen LogP contribution in [0.2, 0.25) is 0 Å². The second kappa shape index (κ2) is 3.58. The summed E-state index contributed by atoms with van der Waals surface area (Å²) in [5.74, 6) is 0. The lowest BCUT2D eigenvalue weighted by atomic mass is 9.78. The molecule has 1 rings (SSSR count). The lowest BCUT2D eigenvalue weighted by molar-refractivity contribution is 0.504. The highest BCUT2D eigenvalue weighted by molar-refractivity contribution is 5.32. The van der Waals surface area contributed by atoms with Gasteiger partial charge in [0, 0.05) is 5.41 Å². The van der Waals surface area contributed by atoms with Crippen LogP contribution in [-0.2, 0) is 10.8 Å². The highest BCUT2D eigenvalue weighted by Crippen LogP contribution is 2.31. The highest BCUT2D eigenvalue weighted by atomic mass is 15.1. The molecule has 0 saturated heterocycles. The average molecular weight is 206 g/mol. The number of nitrogens with zero attached hydrogens (tertiary/aromatic N) is 2. The van der Waals surface area contributed by atoms with Gasteiger partial charge >= 0.3 is 0 Å². The summed E-state index contributed by atoms with van der Waals surface area (Å²) in [6.07, 6.45) is 0. The molecular weight excluding hydrogens is 184 g/mol. The maximum absolute atomic E-state index is 4.37. The third kappa shape index (κ3) is 2.77. The fourth-order valence-electron chi connectivity index (χ4n) is 1.61. The lowest BCUT2D eigenvalue weighted by Gasteiger charge is -2.28. The van der Waals surface area contributed by atoms with Gasteiger partial charge in [-0.05, 0) is 24.0 Å². The van der Waals surface area contributed by atoms with Crippen LogP contribution in [0.5, 0.6) is 0 Å². The molecule has 0 unspecified atom stereocenters. The number of hydrogen-bond donors (Lipinski definition) is 0. The van der Waals surface area contributed by atoms with E-state index in [1.54, 1.807) is 0 Å². The molecule has 1 aromatic heterocycles. The molecule has 0 aliphatic rings. The molecule has 15 heavy (non-hydrogen) atoms. The van der Waals surface area contributed by atoms with Crippen LogP contribution in [-0.4, -0.2) is 10.2 Å². The Morgan fingerprint density at radius 2 is 1.40 bits per heavy atom. The van der Waals surface area contributed by atoms with Crippen LogP contribution in [0.15, 0.2) is 6.07 Å². The number of aryl methyl sites for hydroxylation is 1. The van der Waals surface area contributed by atoms with Gasteiger partial charge in [-0.2, -0.15) is 10.2 Å². The minimum atomic E-state index is 0.0588. The predicted octanol–water partition coefficient (Wildman–Crippen LogP) is 3.38. The van der Waals surface area contributed by atoms with Gasteiger partial charge in [-0.15, -0.1) is 0 Å². The second-order valence-electron chi connectivity index (χ2n) is 6.25. The van der Waals surface area contributed by atoms with E-state index in [-0.39, 0.29) is 10.8 Å². The van der Waals surface area contributed by atoms with Crippen molar-refractivity contribution in [1.29, 1.82) is 0 Å². The molecule has 0 atom stereocenters. The molecule has 0 N–H and O–H groups in total. The molecule has 0 aromatic carbocycles. The monoisotopic (exact) mass is 206 g/mol. The van der Waals surface area contributed by atoms with Crippen molar-refractivity contribution in [1.82, 2.24) is 10.2 Å². The maximum atomic E-state index is 4.37. The minimum Gasteiger partial charge on any atom is -0.156 e. The zero-order valence-electron chi connectivity index (χ0n) is 11.0. The molecule has 0 radical (unpaired) electrons. The molecule has 1 aromatic rings. The van der Waals surface area contributed by atoms with Gasteiger partial charge in [0.25, 0.3) is 0 Å². The molecule has 84 valence electrons. The molecule has 2 nitrogen and oxygen atoms in total. The average Bonchev–Trinajstić information content (AvgIpc) is 2.00. The standard InChI is InChI=1S/C13H22N2/c1-9-8-10(12(2,3)4)11(15-14-9)13(5,6)7/h8H,1-7H3. The largest absolute Gasteiger partial charge is 0.156 e. The predicted molar refractivity (Wildman–Crippen MR) is 64.2 cm³/mol. The summed E-state index contributed by atoms with van der Waals surface area (Å²) in [5.41, 5.74) is 3.60. The first-order chi connectivity index (χ1) is 6.62. The van der Waals surface area contributed by atoms with Gasteiger partial charge in [-0.25, -0.2) is 0 Å². The Balaban J connectivity index is 3.41. The van der Waals surface area contributed by atoms with E-state index in [0.29, 0.717) is 0 Å². The molecule has 0 aliphatic heterocycles. The Hall–Kier alpha value is -0.920. The summed E-state index contributed by atoms with van der Waals surface area (Å²) in [6.45, 7) is 15.2. The van der Waals surface area contributed by atoms with Gasteiger partial charge in [0.05, 0.1) is 11.4 Å². The van der Waals surface area contributed by atoms with E-state index in [1.807, 2.05) is 6.92 Å². The van der Waals surface area contributed by atoms with E-state index >= 15 is 0 Å². The third-order valence-corrected chi connectivity index (χ3v) is 2.43. The summed E-state index contributed by atoms with van der Waals surface area (Å²) in [6, 6.07) is 2.16. The SMILES string of the molecule is Cc1cc(C(C)(C)C)c(C(C)(C)C)nn1. The van der Waals surface area contributed by atoms with E-state index in [0.717, 1.165) is 11.4 Å². The van der Waals surface area contributed by atoms with E-state index < -0.39 is 0 Å². The van der Waals surface area contributed by atoms with Crippen LogP contribution in [0.1, 0.15) is 58.5 Å². The van der Waals surface area contributed by atoms with Crippen molar-refractivity contribution in [3.05, 3.63) is 23.0 Å². The fourth-order valence-corrected chi connectivity index (χ4v) is 1.61. The Bertz CT molecular complexity index is 354. The zero-order chi connectivity index (χ0) is 11.9. The summed E-state index contributed by atoms with van der Waals surface area (Å²) >= 11 is 0. The van der Waals surface area contributed by atoms with Gasteiger partial charge < -0.3 is 0 Å². The number of hydrogen-bond acceptors (Lipinski definition) is 2. The van der Waals surface area contributed by atoms with Crippen molar-refractivity contribution in [2.24, 2.45) is 0 Å². The first-order valence-electron chi connectivity index (χ1n) is 5.47. The molecule has 2 heteroatoms. The van der Waals surface area contributed by atoms with Crippen LogP contribution in [0.3, 0.4) is 0 Å². The van der Waals surface area contributed by atoms with E-state index in [2.05, 4.69) is 57.8 Å². The van der Waals surface area contributed by atoms with Crippen molar-refractivity contribution in [3.8, 4) is 0 Å². The fraction of sp³-hybridized carbons (Fsp3) is 0.692. The third-order valence-electron chi connectivity index (χ3n) is 2.43. The van der Waals surface area contributed by atoms with Crippen LogP contribution < -0.4 is 0 Å². The van der Waals surface area contributed by atoms with E-state index in [9.17, 15) is 0 Å². The van der Waals surface area contributed by atoms with Crippen molar-refractivity contribution < 1.29 is 0 Å². The molecule has 0 saturated carbocycles. The Morgan fingerprint density at radius 1 is 0.867 bits per heavy atom. The Morgan fingerprint density at radius 3 is 1.80 bits per heavy atom. The van der Waals surface area contributed by atoms with Crippen molar-refractivity contribution >= 4 is 0 Å². The van der Waals surface area contributed by atoms with E-state index in [1.165, 1.54) is 5.56 Å². The van der Waals surface area contributed by atoms with Gasteiger partial charge in [0.15, 0.2) is 0 Å². The molecule has 0 spiro atoms. The van der Waals surface area contributed by atoms with Crippen molar-refractivity contribution in [3.63, 3.8) is 0 Å². The molecule has 0 aliphatic carbocycles. The number of rotatable bonds is 0. The molecule has 0 fully saturated rings. The van der Waals surface area contributed by atoms with Crippen molar-refractivity contribution in [2.45, 2.75) is 59.3 Å². The summed E-state index contributed by atoms with van der Waals surface area (Å²) in [7, 11) is 0. The summed E-state index contributed by atoms with van der Waals surface area (Å²) in [5, 5.41) is 8.54. The number of aromatic nitrogens is 2. The quantitative estimate of drug-likeness (QED) is 0.650. The van der Waals surface area contributed by atoms with Gasteiger partial charge in [0.1, 0.15) is 0 Å². The normalized spacial score (nSPS) is 13.0. The first-order valence-corrected chi connectivity index (χ1v) is 5.47. The van der Waals surface area contributed by atoms with E-state index in [4.69, 9.17) is 0 Å². The van der Waals surface area contributed by atoms with Crippen LogP contribution in [0.25, 0.3) is 0 Å². The van der Waals surface area contributed by atoms with Crippen LogP contribution >= 0.6 is 0 Å². The van der Waals surface area contributed by atoms with Crippen LogP contribution in [0, 0.1) is 6.92 Å². The lowest BCUT2D eigenvalue weighted by Crippen LogP contribution is -2.24. The first kappa shape index (κ1) is 12.2. The van der Waals surface area contributed by atoms with Gasteiger partial charge in [-0.1, -0.05) is 41.5 Å². The Labute approximate surface area is 93.1 Å². The minimum absolute atomic E-state index is 0.0588. The second-order valence-corrected chi connectivity index (χ2v) is 6.25. The van der Waals surface area contributed by atoms with Gasteiger partial charge in [0.2, 0.25) is 0 Å². The smallest absolute Gasteiger partial charge is 0.0721 e. The van der Waals surface area contributed by atoms with Gasteiger partial charge in [-0.3, -0.25) is 0 Å². The molecule has 0 bridgehead atoms. The summed E-state index contributed by atoms with van der Waals surface area (Å²) < 4.78 is 0. The summed E-state index contributed by atoms with van der Waals surface area (Å²) in [4.78, 5) is 0. The molecule has 1 heterocycles. The van der Waals surface area contributed by atoms with Crippen molar-refractivity contribution in [2.75, 3.05) is 0 Å². The maximum Gasteiger partial charge on any atom is 0.0721 e. The van der Waals surface area contributed by atoms with Crippen LogP contribution in [0.4, 0.5) is 0 Å². The highest BCUT2D eigenvalue weighted by Gasteiger charge is 2.26.